The molecule has 13 rings (SSSR count). The van der Waals surface area contributed by atoms with Gasteiger partial charge in [0.05, 0.1) is 48.7 Å². The molecule has 4 saturated heterocycles. The van der Waals surface area contributed by atoms with Crippen LogP contribution in [0, 0.1) is 0 Å². The molecule has 0 unspecified atom stereocenters. The van der Waals surface area contributed by atoms with E-state index in [1.54, 1.807) is 0 Å². The standard InChI is InChI=1S/C68H88N8O28S4/c1-21-25-5-27-22(2)29-7-31-24(4)32-8-30-23(3)28-6-26(21)54-34(10-70-66(106)74-62-50(90)46(86)42(82)38(14-78)102-62)56(28)96-19-98-58(30)36(12-72-68(108)76-64-52(92)48(88)44(84)40(16-80)104-64)60(32)100-20-99-59(31)35(11-71-67(107)75-63-51(91)47(87)43(83)39(15-79)103-63)57(29)97-18-95-55(27)33(53(25)93-17-94-54)9-69-65(105)73-61-49(89)45(85)41(81)37(13-77)101-61/h5-8,21-24,37-52,61-64,77-92H,9-20H2,1-4H3,(H2,69,73,105)(H2,70,74,106)(H2,71,75,107)(H2,72,76,108)/t21?,22?,23?,24?,37-,38-,39-,40-,41+,42+,43+,44+,45+,46+,47+,48+,49-,50-,51-,52-,61-,62-,63-,64-/m1/s1. The number of hydrogen-bond acceptors (Lipinski definition) is 32. The highest BCUT2D eigenvalue weighted by atomic mass is 32.1. The molecule has 9 aliphatic rings. The van der Waals surface area contributed by atoms with Crippen molar-refractivity contribution in [1.82, 2.24) is 42.5 Å². The highest BCUT2D eigenvalue weighted by molar-refractivity contribution is 7.80. The van der Waals surface area contributed by atoms with E-state index in [2.05, 4.69) is 42.5 Å². The number of ether oxygens (including phenoxy) is 12. The average molecular weight is 1590 g/mol. The lowest BCUT2D eigenvalue weighted by atomic mass is 9.78. The van der Waals surface area contributed by atoms with Crippen LogP contribution in [0.3, 0.4) is 0 Å². The third-order valence-electron chi connectivity index (χ3n) is 21.3. The van der Waals surface area contributed by atoms with E-state index in [1.165, 1.54) is 0 Å². The first-order valence-electron chi connectivity index (χ1n) is 34.9. The molecular weight excluding hydrogens is 1510 g/mol. The van der Waals surface area contributed by atoms with Gasteiger partial charge in [0.25, 0.3) is 0 Å². The summed E-state index contributed by atoms with van der Waals surface area (Å²) in [6.45, 7) is 2.23. The van der Waals surface area contributed by atoms with Gasteiger partial charge in [0.1, 0.15) is 144 Å². The molecule has 108 heavy (non-hydrogen) atoms. The summed E-state index contributed by atoms with van der Waals surface area (Å²) in [7, 11) is 0. The quantitative estimate of drug-likeness (QED) is 0.0466. The van der Waals surface area contributed by atoms with Crippen LogP contribution in [0.25, 0.3) is 0 Å². The highest BCUT2D eigenvalue weighted by Crippen LogP contribution is 2.57. The van der Waals surface area contributed by atoms with E-state index in [9.17, 15) is 81.7 Å². The van der Waals surface area contributed by atoms with Crippen LogP contribution in [0.4, 0.5) is 0 Å². The molecule has 24 N–H and O–H groups in total. The minimum Gasteiger partial charge on any atom is -0.457 e. The molecule has 0 amide bonds. The predicted molar refractivity (Wildman–Crippen MR) is 386 cm³/mol. The van der Waals surface area contributed by atoms with E-state index in [4.69, 9.17) is 106 Å². The number of benzene rings is 4. The minimum absolute atomic E-state index is 0.116. The summed E-state index contributed by atoms with van der Waals surface area (Å²) in [6, 6.07) is 7.84. The van der Waals surface area contributed by atoms with Crippen molar-refractivity contribution >= 4 is 69.3 Å². The Morgan fingerprint density at radius 3 is 0.611 bits per heavy atom. The van der Waals surface area contributed by atoms with Gasteiger partial charge in [-0.15, -0.1) is 0 Å². The van der Waals surface area contributed by atoms with Crippen molar-refractivity contribution in [3.63, 3.8) is 0 Å². The first-order valence-corrected chi connectivity index (χ1v) is 36.5. The number of aliphatic hydroxyl groups is 16. The van der Waals surface area contributed by atoms with E-state index in [0.717, 1.165) is 0 Å². The Morgan fingerprint density at radius 2 is 0.454 bits per heavy atom. The molecule has 36 nitrogen and oxygen atoms in total. The molecular formula is C68H88N8O28S4. The van der Waals surface area contributed by atoms with Crippen LogP contribution in [-0.2, 0) is 45.1 Å². The van der Waals surface area contributed by atoms with Crippen molar-refractivity contribution < 1.29 is 139 Å². The summed E-state index contributed by atoms with van der Waals surface area (Å²) < 4.78 is 77.6. The van der Waals surface area contributed by atoms with Gasteiger partial charge in [-0.3, -0.25) is 0 Å². The van der Waals surface area contributed by atoms with Crippen molar-refractivity contribution in [2.24, 2.45) is 0 Å². The third-order valence-corrected chi connectivity index (χ3v) is 22.3. The monoisotopic (exact) mass is 1590 g/mol. The van der Waals surface area contributed by atoms with Gasteiger partial charge in [-0.05, 0) is 73.1 Å². The number of hydrogen-bond donors (Lipinski definition) is 24. The van der Waals surface area contributed by atoms with Gasteiger partial charge in [-0.1, -0.05) is 27.7 Å². The van der Waals surface area contributed by atoms with Gasteiger partial charge in [0.2, 0.25) is 27.2 Å². The summed E-state index contributed by atoms with van der Waals surface area (Å²) in [5, 5.41) is 194. The maximum atomic E-state index is 11.1. The van der Waals surface area contributed by atoms with Crippen molar-refractivity contribution in [3.8, 4) is 46.0 Å². The molecule has 0 radical (unpaired) electrons. The molecule has 8 bridgehead atoms. The van der Waals surface area contributed by atoms with Gasteiger partial charge < -0.3 is 181 Å². The molecule has 0 spiro atoms. The summed E-state index contributed by atoms with van der Waals surface area (Å²) in [4.78, 5) is 0. The summed E-state index contributed by atoms with van der Waals surface area (Å²) in [6.07, 6.45) is -31.2. The molecule has 8 heterocycles. The van der Waals surface area contributed by atoms with Crippen molar-refractivity contribution in [1.29, 1.82) is 0 Å². The summed E-state index contributed by atoms with van der Waals surface area (Å²) in [5.41, 5.74) is 6.15. The summed E-state index contributed by atoms with van der Waals surface area (Å²) in [5.74, 6) is -0.784. The second-order valence-electron chi connectivity index (χ2n) is 27.6. The van der Waals surface area contributed by atoms with Crippen LogP contribution >= 0.6 is 48.9 Å². The lowest BCUT2D eigenvalue weighted by Crippen LogP contribution is -2.63. The van der Waals surface area contributed by atoms with E-state index >= 15 is 0 Å². The van der Waals surface area contributed by atoms with Crippen LogP contribution in [0.1, 0.15) is 118 Å². The van der Waals surface area contributed by atoms with Gasteiger partial charge >= 0.3 is 0 Å². The molecule has 0 saturated carbocycles. The van der Waals surface area contributed by atoms with Crippen LogP contribution < -0.4 is 80.4 Å². The topological polar surface area (TPSA) is 531 Å². The largest absolute Gasteiger partial charge is 0.457 e. The molecule has 20 atom stereocenters. The molecule has 592 valence electrons. The van der Waals surface area contributed by atoms with E-state index < -0.39 is 200 Å². The lowest BCUT2D eigenvalue weighted by Gasteiger charge is -2.40. The van der Waals surface area contributed by atoms with Crippen molar-refractivity contribution in [2.75, 3.05) is 53.6 Å². The van der Waals surface area contributed by atoms with Crippen molar-refractivity contribution in [2.45, 2.75) is 200 Å². The van der Waals surface area contributed by atoms with Gasteiger partial charge in [-0.2, -0.15) is 0 Å². The molecule has 1 aliphatic carbocycles. The van der Waals surface area contributed by atoms with Crippen LogP contribution in [0.2, 0.25) is 0 Å². The number of nitrogens with one attached hydrogen (secondary N) is 8. The maximum Gasteiger partial charge on any atom is 0.230 e. The van der Waals surface area contributed by atoms with E-state index in [-0.39, 0.29) is 92.6 Å². The third kappa shape index (κ3) is 14.9. The molecule has 0 aromatic heterocycles. The molecule has 4 aromatic carbocycles. The Labute approximate surface area is 638 Å². The summed E-state index contributed by atoms with van der Waals surface area (Å²) >= 11 is 23.4. The SMILES string of the molecule is CC1c2cc3c4c(CNC(=S)N[C@@H]5O[C@H](CO)[C@H](O)[C@H](O)[C@H]5O)c2OCOc2c1cc1c(c2CNC(=S)N[C@@H]2O[C@H](CO)[C@H](O)[C@H](O)[C@H]2O)OCOc2c(cc5c(c2CNC(=S)N[C@@H]2O[C@H](CO)[C@H](O)[C@H](O)[C@H]2O)OCOc2c(cc(c(c2CNC(=S)N[C@@H]2O[C@H](CO)[C@H](O)[C@H](O)[C@H]2O)OCO4)C3C)C5C)C1C. The maximum absolute atomic E-state index is 11.1. The van der Waals surface area contributed by atoms with Crippen LogP contribution in [0.15, 0.2) is 24.3 Å². The predicted octanol–water partition coefficient (Wildman–Crippen LogP) is -5.42. The smallest absolute Gasteiger partial charge is 0.230 e. The fourth-order valence-corrected chi connectivity index (χ4v) is 15.9. The Morgan fingerprint density at radius 1 is 0.287 bits per heavy atom. The molecule has 40 heteroatoms. The lowest BCUT2D eigenvalue weighted by molar-refractivity contribution is -0.232. The average Bonchev–Trinajstić information content (AvgIpc) is 0.724. The normalized spacial score (nSPS) is 33.4. The minimum atomic E-state index is -1.74. The van der Waals surface area contributed by atoms with Gasteiger partial charge in [-0.25, -0.2) is 0 Å². The zero-order valence-electron chi connectivity index (χ0n) is 58.3. The second kappa shape index (κ2) is 32.9. The van der Waals surface area contributed by atoms with E-state index in [0.29, 0.717) is 66.8 Å². The van der Waals surface area contributed by atoms with Crippen molar-refractivity contribution in [3.05, 3.63) is 91.0 Å². The Balaban J connectivity index is 0.982. The molecule has 4 aromatic rings. The Bertz CT molecular complexity index is 3420. The Kier molecular flexibility index (Phi) is 24.2. The molecule has 8 aliphatic heterocycles. The number of thiocarbonyl (C=S) groups is 4. The van der Waals surface area contributed by atoms with Crippen LogP contribution in [0.5, 0.6) is 46.0 Å². The van der Waals surface area contributed by atoms with E-state index in [1.807, 2.05) is 52.0 Å². The zero-order valence-corrected chi connectivity index (χ0v) is 61.6. The number of aliphatic hydroxyl groups excluding tert-OH is 16. The zero-order chi connectivity index (χ0) is 77.2. The fourth-order valence-electron chi connectivity index (χ4n) is 15.1. The van der Waals surface area contributed by atoms with Gasteiger partial charge in [0, 0.05) is 94.4 Å². The first kappa shape index (κ1) is 79.3. The fraction of sp³-hybridized carbons (Fsp3) is 0.588. The second-order valence-corrected chi connectivity index (χ2v) is 29.2. The first-order chi connectivity index (χ1) is 51.7. The van der Waals surface area contributed by atoms with Crippen LogP contribution in [-0.4, -0.2) is 278 Å². The highest BCUT2D eigenvalue weighted by Gasteiger charge is 2.49. The Hall–Kier alpha value is -6.76. The van der Waals surface area contributed by atoms with Gasteiger partial charge in [0.15, 0.2) is 45.4 Å². The number of rotatable bonds is 16. The molecule has 4 fully saturated rings.